The number of ether oxygens (including phenoxy) is 1. The molecule has 2 aromatic rings. The van der Waals surface area contributed by atoms with Crippen LogP contribution >= 0.6 is 23.2 Å². The maximum atomic E-state index is 11.7. The number of benzene rings is 1. The molecule has 2 rings (SSSR count). The number of amides is 1. The van der Waals surface area contributed by atoms with Gasteiger partial charge in [-0.15, -0.1) is 0 Å². The lowest BCUT2D eigenvalue weighted by atomic mass is 10.2. The minimum absolute atomic E-state index is 0.106. The van der Waals surface area contributed by atoms with E-state index in [0.717, 1.165) is 5.69 Å². The van der Waals surface area contributed by atoms with Crippen molar-refractivity contribution in [3.63, 3.8) is 0 Å². The van der Waals surface area contributed by atoms with Crippen molar-refractivity contribution in [1.82, 2.24) is 9.88 Å². The Morgan fingerprint density at radius 3 is 2.82 bits per heavy atom. The van der Waals surface area contributed by atoms with Crippen LogP contribution < -0.4 is 10.1 Å². The maximum Gasteiger partial charge on any atom is 0.258 e. The van der Waals surface area contributed by atoms with Gasteiger partial charge in [0.25, 0.3) is 5.91 Å². The standard InChI is InChI=1S/C15H16Cl2N2O3/c1-19-6-2-3-12(19)13(20)8-18-15(21)9-22-14-5-4-10(16)7-11(14)17/h2-7,13,20H,8-9H2,1H3,(H,18,21). The van der Waals surface area contributed by atoms with E-state index in [4.69, 9.17) is 27.9 Å². The van der Waals surface area contributed by atoms with Crippen LogP contribution in [-0.2, 0) is 11.8 Å². The molecule has 0 fully saturated rings. The van der Waals surface area contributed by atoms with Gasteiger partial charge in [-0.05, 0) is 30.3 Å². The fourth-order valence-electron chi connectivity index (χ4n) is 1.92. The molecule has 0 aliphatic rings. The molecule has 1 atom stereocenters. The Morgan fingerprint density at radius 1 is 1.41 bits per heavy atom. The molecule has 0 aliphatic carbocycles. The predicted molar refractivity (Wildman–Crippen MR) is 85.3 cm³/mol. The van der Waals surface area contributed by atoms with Gasteiger partial charge in [0.2, 0.25) is 0 Å². The molecule has 118 valence electrons. The highest BCUT2D eigenvalue weighted by molar-refractivity contribution is 6.35. The molecule has 22 heavy (non-hydrogen) atoms. The molecule has 7 heteroatoms. The number of aliphatic hydroxyl groups excluding tert-OH is 1. The van der Waals surface area contributed by atoms with E-state index in [1.165, 1.54) is 6.07 Å². The molecule has 1 aromatic heterocycles. The van der Waals surface area contributed by atoms with Gasteiger partial charge in [-0.1, -0.05) is 23.2 Å². The second-order valence-electron chi connectivity index (χ2n) is 4.73. The Hall–Kier alpha value is -1.69. The summed E-state index contributed by atoms with van der Waals surface area (Å²) in [4.78, 5) is 11.7. The lowest BCUT2D eigenvalue weighted by Gasteiger charge is -2.13. The molecule has 0 aliphatic heterocycles. The van der Waals surface area contributed by atoms with Crippen LogP contribution in [0.3, 0.4) is 0 Å². The first-order chi connectivity index (χ1) is 10.5. The highest BCUT2D eigenvalue weighted by Crippen LogP contribution is 2.27. The van der Waals surface area contributed by atoms with E-state index in [0.29, 0.717) is 15.8 Å². The van der Waals surface area contributed by atoms with Crippen LogP contribution in [0.25, 0.3) is 0 Å². The van der Waals surface area contributed by atoms with E-state index >= 15 is 0 Å². The third kappa shape index (κ3) is 4.40. The van der Waals surface area contributed by atoms with Gasteiger partial charge >= 0.3 is 0 Å². The van der Waals surface area contributed by atoms with E-state index < -0.39 is 6.10 Å². The first kappa shape index (κ1) is 16.7. The summed E-state index contributed by atoms with van der Waals surface area (Å²) in [5, 5.41) is 13.4. The summed E-state index contributed by atoms with van der Waals surface area (Å²) < 4.78 is 7.10. The second-order valence-corrected chi connectivity index (χ2v) is 5.57. The molecule has 0 spiro atoms. The monoisotopic (exact) mass is 342 g/mol. The van der Waals surface area contributed by atoms with Crippen LogP contribution in [0.1, 0.15) is 11.8 Å². The molecule has 0 bridgehead atoms. The van der Waals surface area contributed by atoms with Crippen molar-refractivity contribution in [3.05, 3.63) is 52.3 Å². The number of hydrogen-bond acceptors (Lipinski definition) is 3. The molecule has 1 aromatic carbocycles. The number of hydrogen-bond donors (Lipinski definition) is 2. The SMILES string of the molecule is Cn1cccc1C(O)CNC(=O)COc1ccc(Cl)cc1Cl. The van der Waals surface area contributed by atoms with Gasteiger partial charge in [-0.2, -0.15) is 0 Å². The molecule has 2 N–H and O–H groups in total. The quantitative estimate of drug-likeness (QED) is 0.847. The molecule has 1 unspecified atom stereocenters. The topological polar surface area (TPSA) is 63.5 Å². The van der Waals surface area contributed by atoms with Gasteiger partial charge in [-0.25, -0.2) is 0 Å². The van der Waals surface area contributed by atoms with Gasteiger partial charge < -0.3 is 19.7 Å². The number of nitrogens with zero attached hydrogens (tertiary/aromatic N) is 1. The Kier molecular flexibility index (Phi) is 5.71. The van der Waals surface area contributed by atoms with Crippen molar-refractivity contribution < 1.29 is 14.6 Å². The summed E-state index contributed by atoms with van der Waals surface area (Å²) in [5.41, 5.74) is 0.724. The maximum absolute atomic E-state index is 11.7. The largest absolute Gasteiger partial charge is 0.482 e. The number of rotatable bonds is 6. The lowest BCUT2D eigenvalue weighted by Crippen LogP contribution is -2.32. The molecule has 1 amide bonds. The van der Waals surface area contributed by atoms with Crippen molar-refractivity contribution in [2.75, 3.05) is 13.2 Å². The van der Waals surface area contributed by atoms with Crippen LogP contribution in [-0.4, -0.2) is 28.7 Å². The smallest absolute Gasteiger partial charge is 0.258 e. The summed E-state index contributed by atoms with van der Waals surface area (Å²) in [5.74, 6) is 0.0310. The van der Waals surface area contributed by atoms with Crippen LogP contribution in [0.2, 0.25) is 10.0 Å². The summed E-state index contributed by atoms with van der Waals surface area (Å²) in [6, 6.07) is 8.37. The van der Waals surface area contributed by atoms with Gasteiger partial charge in [0, 0.05) is 30.5 Å². The molecule has 5 nitrogen and oxygen atoms in total. The fraction of sp³-hybridized carbons (Fsp3) is 0.267. The van der Waals surface area contributed by atoms with Gasteiger partial charge in [-0.3, -0.25) is 4.79 Å². The normalized spacial score (nSPS) is 12.0. The Bertz CT molecular complexity index is 658. The molecule has 0 saturated heterocycles. The zero-order valence-corrected chi connectivity index (χ0v) is 13.4. The number of aryl methyl sites for hydroxylation is 1. The molecule has 1 heterocycles. The Morgan fingerprint density at radius 2 is 2.18 bits per heavy atom. The minimum Gasteiger partial charge on any atom is -0.482 e. The van der Waals surface area contributed by atoms with Crippen molar-refractivity contribution in [2.45, 2.75) is 6.10 Å². The van der Waals surface area contributed by atoms with E-state index in [-0.39, 0.29) is 19.1 Å². The molecule has 0 saturated carbocycles. The first-order valence-electron chi connectivity index (χ1n) is 6.61. The number of carbonyl (C=O) groups is 1. The fourth-order valence-corrected chi connectivity index (χ4v) is 2.39. The molecule has 0 radical (unpaired) electrons. The van der Waals surface area contributed by atoms with Crippen molar-refractivity contribution in [2.24, 2.45) is 7.05 Å². The van der Waals surface area contributed by atoms with Crippen molar-refractivity contribution in [1.29, 1.82) is 0 Å². The number of carbonyl (C=O) groups excluding carboxylic acids is 1. The van der Waals surface area contributed by atoms with Gasteiger partial charge in [0.1, 0.15) is 11.9 Å². The van der Waals surface area contributed by atoms with E-state index in [2.05, 4.69) is 5.32 Å². The van der Waals surface area contributed by atoms with E-state index in [9.17, 15) is 9.90 Å². The molecular formula is C15H16Cl2N2O3. The summed E-state index contributed by atoms with van der Waals surface area (Å²) in [6.45, 7) is -0.0877. The number of aromatic nitrogens is 1. The second kappa shape index (κ2) is 7.54. The van der Waals surface area contributed by atoms with Crippen molar-refractivity contribution >= 4 is 29.1 Å². The Balaban J connectivity index is 1.80. The van der Waals surface area contributed by atoms with Gasteiger partial charge in [0.05, 0.1) is 5.02 Å². The average molecular weight is 343 g/mol. The van der Waals surface area contributed by atoms with Crippen molar-refractivity contribution in [3.8, 4) is 5.75 Å². The lowest BCUT2D eigenvalue weighted by molar-refractivity contribution is -0.123. The summed E-state index contributed by atoms with van der Waals surface area (Å²) in [6.07, 6.45) is 1.05. The van der Waals surface area contributed by atoms with Crippen LogP contribution in [0.5, 0.6) is 5.75 Å². The van der Waals surface area contributed by atoms with E-state index in [1.54, 1.807) is 22.8 Å². The predicted octanol–water partition coefficient (Wildman–Crippen LogP) is 2.56. The number of nitrogens with one attached hydrogen (secondary N) is 1. The summed E-state index contributed by atoms with van der Waals surface area (Å²) in [7, 11) is 1.83. The van der Waals surface area contributed by atoms with Crippen LogP contribution in [0.15, 0.2) is 36.5 Å². The third-order valence-electron chi connectivity index (χ3n) is 3.07. The number of halogens is 2. The molecular weight excluding hydrogens is 327 g/mol. The highest BCUT2D eigenvalue weighted by atomic mass is 35.5. The third-order valence-corrected chi connectivity index (χ3v) is 3.60. The Labute approximate surface area is 138 Å². The summed E-state index contributed by atoms with van der Waals surface area (Å²) >= 11 is 11.7. The zero-order valence-electron chi connectivity index (χ0n) is 11.9. The zero-order chi connectivity index (χ0) is 16.1. The first-order valence-corrected chi connectivity index (χ1v) is 7.37. The van der Waals surface area contributed by atoms with E-state index in [1.807, 2.05) is 19.3 Å². The van der Waals surface area contributed by atoms with Gasteiger partial charge in [0.15, 0.2) is 6.61 Å². The average Bonchev–Trinajstić information content (AvgIpc) is 2.90. The minimum atomic E-state index is -0.775. The number of aliphatic hydroxyl groups is 1. The highest BCUT2D eigenvalue weighted by Gasteiger charge is 2.12. The van der Waals surface area contributed by atoms with Crippen LogP contribution in [0, 0.1) is 0 Å². The van der Waals surface area contributed by atoms with Crippen LogP contribution in [0.4, 0.5) is 0 Å².